The number of pyridine rings is 2. The van der Waals surface area contributed by atoms with Gasteiger partial charge in [0.25, 0.3) is 0 Å². The molecule has 0 saturated heterocycles. The Labute approximate surface area is 196 Å². The first-order valence-corrected chi connectivity index (χ1v) is 12.5. The maximum absolute atomic E-state index is 6.03. The van der Waals surface area contributed by atoms with Gasteiger partial charge in [0, 0.05) is 48.4 Å². The molecule has 3 rings (SSSR count). The van der Waals surface area contributed by atoms with Crippen molar-refractivity contribution in [2.45, 2.75) is 58.1 Å². The van der Waals surface area contributed by atoms with Crippen molar-refractivity contribution in [1.82, 2.24) is 15.4 Å². The Morgan fingerprint density at radius 1 is 1.22 bits per heavy atom. The second-order valence-electron chi connectivity index (χ2n) is 7.82. The molecule has 172 valence electrons. The monoisotopic (exact) mass is 453 g/mol. The van der Waals surface area contributed by atoms with E-state index in [2.05, 4.69) is 58.3 Å². The Hall–Kier alpha value is -2.54. The van der Waals surface area contributed by atoms with Gasteiger partial charge in [0.2, 0.25) is 5.88 Å². The molecule has 0 aromatic carbocycles. The molecule has 2 aromatic heterocycles. The highest BCUT2D eigenvalue weighted by atomic mass is 32.2. The largest absolute Gasteiger partial charge is 0.477 e. The zero-order chi connectivity index (χ0) is 22.6. The number of ether oxygens (including phenoxy) is 1. The third-order valence-corrected chi connectivity index (χ3v) is 6.55. The highest BCUT2D eigenvalue weighted by Crippen LogP contribution is 2.32. The topological polar surface area (TPSA) is 62.6 Å². The summed E-state index contributed by atoms with van der Waals surface area (Å²) in [4.78, 5) is 11.4. The summed E-state index contributed by atoms with van der Waals surface area (Å²) in [5.74, 6) is 0.623. The van der Waals surface area contributed by atoms with Crippen LogP contribution < -0.4 is 15.1 Å². The van der Waals surface area contributed by atoms with Crippen LogP contribution in [0.25, 0.3) is 0 Å². The Bertz CT molecular complexity index is 881. The maximum Gasteiger partial charge on any atom is 0.215 e. The number of rotatable bonds is 13. The number of allylic oxidation sites excluding steroid dienone is 1. The first kappa shape index (κ1) is 24.1. The van der Waals surface area contributed by atoms with Gasteiger partial charge in [0.1, 0.15) is 0 Å². The van der Waals surface area contributed by atoms with Gasteiger partial charge in [-0.25, -0.2) is 4.98 Å². The quantitative estimate of drug-likeness (QED) is 0.323. The van der Waals surface area contributed by atoms with E-state index in [1.807, 2.05) is 42.2 Å². The molecule has 0 saturated carbocycles. The van der Waals surface area contributed by atoms with Crippen molar-refractivity contribution >= 4 is 23.7 Å². The molecule has 2 aromatic rings. The van der Waals surface area contributed by atoms with Crippen molar-refractivity contribution in [3.63, 3.8) is 0 Å². The van der Waals surface area contributed by atoms with Gasteiger partial charge in [-0.2, -0.15) is 5.10 Å². The molecular formula is C25H35N5OS. The first-order chi connectivity index (χ1) is 15.7. The van der Waals surface area contributed by atoms with Gasteiger partial charge in [0.05, 0.1) is 23.5 Å². The molecule has 7 heteroatoms. The minimum Gasteiger partial charge on any atom is -0.477 e. The number of hydrogen-bond donors (Lipinski definition) is 1. The first-order valence-electron chi connectivity index (χ1n) is 11.7. The van der Waals surface area contributed by atoms with E-state index in [0.29, 0.717) is 17.7 Å². The fraction of sp³-hybridized carbons (Fsp3) is 0.480. The summed E-state index contributed by atoms with van der Waals surface area (Å²) in [6, 6.07) is 10.1. The molecule has 1 unspecified atom stereocenters. The van der Waals surface area contributed by atoms with Crippen molar-refractivity contribution in [3.05, 3.63) is 59.0 Å². The zero-order valence-corrected chi connectivity index (χ0v) is 20.3. The Balaban J connectivity index is 1.71. The normalized spacial score (nSPS) is 15.7. The van der Waals surface area contributed by atoms with Crippen LogP contribution >= 0.6 is 11.8 Å². The van der Waals surface area contributed by atoms with Crippen LogP contribution in [-0.2, 0) is 6.42 Å². The molecule has 0 amide bonds. The molecule has 0 fully saturated rings. The van der Waals surface area contributed by atoms with E-state index in [4.69, 9.17) is 4.74 Å². The summed E-state index contributed by atoms with van der Waals surface area (Å²) < 4.78 is 6.03. The van der Waals surface area contributed by atoms with Crippen LogP contribution in [0.4, 0.5) is 5.69 Å². The lowest BCUT2D eigenvalue weighted by molar-refractivity contribution is 0.308. The molecule has 32 heavy (non-hydrogen) atoms. The van der Waals surface area contributed by atoms with Gasteiger partial charge in [-0.15, -0.1) is 11.8 Å². The van der Waals surface area contributed by atoms with E-state index in [0.717, 1.165) is 60.9 Å². The van der Waals surface area contributed by atoms with Crippen molar-refractivity contribution in [2.75, 3.05) is 24.6 Å². The molecule has 1 N–H and O–H groups in total. The van der Waals surface area contributed by atoms with Crippen LogP contribution in [0.2, 0.25) is 0 Å². The SMILES string of the molecule is CCCN(CCC)c1cc(/C=N/NC2=CCC(CC)S2)nc(OCCc2ccccn2)c1. The molecule has 0 radical (unpaired) electrons. The van der Waals surface area contributed by atoms with Gasteiger partial charge < -0.3 is 9.64 Å². The average molecular weight is 454 g/mol. The molecule has 0 spiro atoms. The third-order valence-electron chi connectivity index (χ3n) is 5.18. The number of nitrogens with zero attached hydrogens (tertiary/aromatic N) is 4. The Kier molecular flexibility index (Phi) is 9.88. The number of anilines is 1. The van der Waals surface area contributed by atoms with E-state index in [9.17, 15) is 0 Å². The summed E-state index contributed by atoms with van der Waals surface area (Å²) in [7, 11) is 0. The van der Waals surface area contributed by atoms with Crippen molar-refractivity contribution in [2.24, 2.45) is 5.10 Å². The van der Waals surface area contributed by atoms with Crippen molar-refractivity contribution in [1.29, 1.82) is 0 Å². The Morgan fingerprint density at radius 2 is 2.06 bits per heavy atom. The molecule has 3 heterocycles. The lowest BCUT2D eigenvalue weighted by Crippen LogP contribution is -2.25. The fourth-order valence-electron chi connectivity index (χ4n) is 3.55. The highest BCUT2D eigenvalue weighted by Gasteiger charge is 2.15. The smallest absolute Gasteiger partial charge is 0.215 e. The fourth-order valence-corrected chi connectivity index (χ4v) is 4.56. The van der Waals surface area contributed by atoms with Gasteiger partial charge >= 0.3 is 0 Å². The molecule has 1 aliphatic rings. The van der Waals surface area contributed by atoms with E-state index < -0.39 is 0 Å². The van der Waals surface area contributed by atoms with Crippen LogP contribution in [0.1, 0.15) is 57.8 Å². The predicted molar refractivity (Wildman–Crippen MR) is 136 cm³/mol. The minimum atomic E-state index is 0.534. The molecule has 6 nitrogen and oxygen atoms in total. The van der Waals surface area contributed by atoms with E-state index in [1.165, 1.54) is 6.42 Å². The van der Waals surface area contributed by atoms with Crippen LogP contribution in [0, 0.1) is 0 Å². The summed E-state index contributed by atoms with van der Waals surface area (Å²) in [6.07, 6.45) is 11.0. The Morgan fingerprint density at radius 3 is 2.75 bits per heavy atom. The molecule has 0 aliphatic carbocycles. The number of hydrogen-bond acceptors (Lipinski definition) is 7. The van der Waals surface area contributed by atoms with E-state index in [1.54, 1.807) is 6.21 Å². The van der Waals surface area contributed by atoms with Gasteiger partial charge in [-0.05, 0) is 43.9 Å². The third kappa shape index (κ3) is 7.55. The number of hydrazone groups is 1. The predicted octanol–water partition coefficient (Wildman–Crippen LogP) is 5.40. The lowest BCUT2D eigenvalue weighted by atomic mass is 10.2. The second kappa shape index (κ2) is 13.1. The molecule has 1 atom stereocenters. The lowest BCUT2D eigenvalue weighted by Gasteiger charge is -2.24. The minimum absolute atomic E-state index is 0.534. The van der Waals surface area contributed by atoms with E-state index in [-0.39, 0.29) is 0 Å². The molecule has 0 bridgehead atoms. The average Bonchev–Trinajstić information content (AvgIpc) is 3.28. The standard InChI is InChI=1S/C25H35N5OS/c1-4-14-30(15-5-2)22-17-21(19-27-29-25-11-10-23(6-3)32-25)28-24(18-22)31-16-12-20-9-7-8-13-26-20/h7-9,11,13,17-19,23,29H,4-6,10,12,14-16H2,1-3H3/b27-19+. The molecule has 1 aliphatic heterocycles. The van der Waals surface area contributed by atoms with Crippen molar-refractivity contribution < 1.29 is 4.74 Å². The zero-order valence-electron chi connectivity index (χ0n) is 19.5. The summed E-state index contributed by atoms with van der Waals surface area (Å²) in [5.41, 5.74) is 6.09. The van der Waals surface area contributed by atoms with Crippen LogP contribution in [0.3, 0.4) is 0 Å². The van der Waals surface area contributed by atoms with Gasteiger partial charge in [0.15, 0.2) is 0 Å². The summed E-state index contributed by atoms with van der Waals surface area (Å²) in [5, 5.41) is 6.22. The number of thioether (sulfide) groups is 1. The van der Waals surface area contributed by atoms with Crippen LogP contribution in [0.5, 0.6) is 5.88 Å². The number of nitrogens with one attached hydrogen (secondary N) is 1. The summed E-state index contributed by atoms with van der Waals surface area (Å²) in [6.45, 7) is 9.17. The van der Waals surface area contributed by atoms with Crippen LogP contribution in [0.15, 0.2) is 52.7 Å². The molecular weight excluding hydrogens is 418 g/mol. The van der Waals surface area contributed by atoms with Crippen molar-refractivity contribution in [3.8, 4) is 5.88 Å². The van der Waals surface area contributed by atoms with E-state index >= 15 is 0 Å². The highest BCUT2D eigenvalue weighted by molar-refractivity contribution is 8.03. The maximum atomic E-state index is 6.03. The second-order valence-corrected chi connectivity index (χ2v) is 9.16. The van der Waals surface area contributed by atoms with Gasteiger partial charge in [-0.1, -0.05) is 32.9 Å². The summed E-state index contributed by atoms with van der Waals surface area (Å²) >= 11 is 1.86. The number of aromatic nitrogens is 2. The van der Waals surface area contributed by atoms with Gasteiger partial charge in [-0.3, -0.25) is 10.4 Å². The van der Waals surface area contributed by atoms with Crippen LogP contribution in [-0.4, -0.2) is 41.1 Å².